The van der Waals surface area contributed by atoms with E-state index in [4.69, 9.17) is 9.47 Å². The maximum Gasteiger partial charge on any atom is 0.242 e. The standard InChI is InChI=1S/C26H36N2O4/c1-20(2)19-27-26(30)21(3)28(17-16-22-9-6-5-7-10-22)25(29)11-8-18-32-24-14-12-23(31-4)13-15-24/h5-7,9-10,12-15,20-21H,8,11,16-19H2,1-4H3,(H,27,30). The van der Waals surface area contributed by atoms with Gasteiger partial charge in [-0.3, -0.25) is 9.59 Å². The van der Waals surface area contributed by atoms with E-state index in [1.807, 2.05) is 68.4 Å². The molecule has 6 nitrogen and oxygen atoms in total. The van der Waals surface area contributed by atoms with Crippen molar-refractivity contribution in [2.24, 2.45) is 5.92 Å². The lowest BCUT2D eigenvalue weighted by atomic mass is 10.1. The Kier molecular flexibility index (Phi) is 10.6. The van der Waals surface area contributed by atoms with Gasteiger partial charge in [-0.2, -0.15) is 0 Å². The van der Waals surface area contributed by atoms with Crippen molar-refractivity contribution in [3.05, 3.63) is 60.2 Å². The average molecular weight is 441 g/mol. The highest BCUT2D eigenvalue weighted by atomic mass is 16.5. The predicted octanol–water partition coefficient (Wildman–Crippen LogP) is 4.09. The van der Waals surface area contributed by atoms with Gasteiger partial charge >= 0.3 is 0 Å². The molecule has 0 spiro atoms. The summed E-state index contributed by atoms with van der Waals surface area (Å²) < 4.78 is 10.9. The van der Waals surface area contributed by atoms with Gasteiger partial charge in [-0.15, -0.1) is 0 Å². The fraction of sp³-hybridized carbons (Fsp3) is 0.462. The lowest BCUT2D eigenvalue weighted by Crippen LogP contribution is -2.49. The van der Waals surface area contributed by atoms with Crippen LogP contribution < -0.4 is 14.8 Å². The van der Waals surface area contributed by atoms with Crippen LogP contribution in [-0.4, -0.2) is 49.6 Å². The summed E-state index contributed by atoms with van der Waals surface area (Å²) in [6.45, 7) is 7.42. The molecule has 32 heavy (non-hydrogen) atoms. The number of amides is 2. The molecule has 1 N–H and O–H groups in total. The molecule has 1 atom stereocenters. The average Bonchev–Trinajstić information content (AvgIpc) is 2.81. The van der Waals surface area contributed by atoms with Gasteiger partial charge in [-0.05, 0) is 55.5 Å². The minimum atomic E-state index is -0.521. The van der Waals surface area contributed by atoms with Crippen molar-refractivity contribution in [1.29, 1.82) is 0 Å². The molecule has 174 valence electrons. The smallest absolute Gasteiger partial charge is 0.242 e. The van der Waals surface area contributed by atoms with Crippen LogP contribution in [0.25, 0.3) is 0 Å². The minimum Gasteiger partial charge on any atom is -0.497 e. The zero-order valence-electron chi connectivity index (χ0n) is 19.7. The zero-order valence-corrected chi connectivity index (χ0v) is 19.7. The van der Waals surface area contributed by atoms with Crippen molar-refractivity contribution in [2.45, 2.75) is 46.1 Å². The Labute approximate surface area is 191 Å². The fourth-order valence-electron chi connectivity index (χ4n) is 3.25. The maximum atomic E-state index is 13.0. The molecule has 0 heterocycles. The Morgan fingerprint density at radius 3 is 2.25 bits per heavy atom. The maximum absolute atomic E-state index is 13.0. The second kappa shape index (κ2) is 13.4. The van der Waals surface area contributed by atoms with Crippen LogP contribution in [0.4, 0.5) is 0 Å². The first kappa shape index (κ1) is 25.2. The number of rotatable bonds is 13. The molecule has 2 aromatic carbocycles. The number of hydrogen-bond acceptors (Lipinski definition) is 4. The quantitative estimate of drug-likeness (QED) is 0.477. The van der Waals surface area contributed by atoms with Gasteiger partial charge < -0.3 is 19.7 Å². The molecule has 6 heteroatoms. The topological polar surface area (TPSA) is 67.9 Å². The molecule has 0 fully saturated rings. The van der Waals surface area contributed by atoms with Gasteiger partial charge in [0.2, 0.25) is 11.8 Å². The first-order valence-corrected chi connectivity index (χ1v) is 11.3. The molecule has 0 aromatic heterocycles. The van der Waals surface area contributed by atoms with Crippen LogP contribution in [-0.2, 0) is 16.0 Å². The highest BCUT2D eigenvalue weighted by Crippen LogP contribution is 2.17. The minimum absolute atomic E-state index is 0.0357. The summed E-state index contributed by atoms with van der Waals surface area (Å²) in [5, 5.41) is 2.95. The summed E-state index contributed by atoms with van der Waals surface area (Å²) in [7, 11) is 1.62. The van der Waals surface area contributed by atoms with Crippen LogP contribution in [0.3, 0.4) is 0 Å². The molecule has 0 saturated carbocycles. The molecule has 0 aliphatic heterocycles. The van der Waals surface area contributed by atoms with Gasteiger partial charge in [0.1, 0.15) is 17.5 Å². The molecule has 0 bridgehead atoms. The number of methoxy groups -OCH3 is 1. The molecule has 2 aromatic rings. The predicted molar refractivity (Wildman–Crippen MR) is 127 cm³/mol. The number of nitrogens with zero attached hydrogens (tertiary/aromatic N) is 1. The number of carbonyl (C=O) groups is 2. The molecule has 0 radical (unpaired) electrons. The molecule has 2 amide bonds. The van der Waals surface area contributed by atoms with Crippen LogP contribution in [0.5, 0.6) is 11.5 Å². The van der Waals surface area contributed by atoms with E-state index in [9.17, 15) is 9.59 Å². The molecular weight excluding hydrogens is 404 g/mol. The van der Waals surface area contributed by atoms with Crippen LogP contribution in [0.15, 0.2) is 54.6 Å². The third-order valence-electron chi connectivity index (χ3n) is 5.20. The normalized spacial score (nSPS) is 11.7. The van der Waals surface area contributed by atoms with E-state index in [1.165, 1.54) is 0 Å². The third kappa shape index (κ3) is 8.61. The lowest BCUT2D eigenvalue weighted by Gasteiger charge is -2.29. The SMILES string of the molecule is COc1ccc(OCCCC(=O)N(CCc2ccccc2)C(C)C(=O)NCC(C)C)cc1. The van der Waals surface area contributed by atoms with E-state index < -0.39 is 6.04 Å². The molecule has 2 rings (SSSR count). The summed E-state index contributed by atoms with van der Waals surface area (Å²) in [4.78, 5) is 27.3. The Bertz CT molecular complexity index is 821. The van der Waals surface area contributed by atoms with Gasteiger partial charge in [-0.25, -0.2) is 0 Å². The number of nitrogens with one attached hydrogen (secondary N) is 1. The van der Waals surface area contributed by atoms with Gasteiger partial charge in [-0.1, -0.05) is 44.2 Å². The summed E-state index contributed by atoms with van der Waals surface area (Å²) in [5.74, 6) is 1.71. The molecule has 0 aliphatic rings. The van der Waals surface area contributed by atoms with E-state index in [0.29, 0.717) is 44.9 Å². The molecule has 1 unspecified atom stereocenters. The van der Waals surface area contributed by atoms with Gasteiger partial charge in [0, 0.05) is 19.5 Å². The zero-order chi connectivity index (χ0) is 23.3. The van der Waals surface area contributed by atoms with Crippen molar-refractivity contribution >= 4 is 11.8 Å². The van der Waals surface area contributed by atoms with E-state index in [2.05, 4.69) is 5.32 Å². The number of ether oxygens (including phenoxy) is 2. The van der Waals surface area contributed by atoms with Gasteiger partial charge in [0.15, 0.2) is 0 Å². The fourth-order valence-corrected chi connectivity index (χ4v) is 3.25. The van der Waals surface area contributed by atoms with Crippen LogP contribution >= 0.6 is 0 Å². The summed E-state index contributed by atoms with van der Waals surface area (Å²) in [5.41, 5.74) is 1.14. The number of benzene rings is 2. The summed E-state index contributed by atoms with van der Waals surface area (Å²) >= 11 is 0. The van der Waals surface area contributed by atoms with E-state index in [1.54, 1.807) is 18.9 Å². The Morgan fingerprint density at radius 2 is 1.62 bits per heavy atom. The third-order valence-corrected chi connectivity index (χ3v) is 5.20. The summed E-state index contributed by atoms with van der Waals surface area (Å²) in [6.07, 6.45) is 1.61. The van der Waals surface area contributed by atoms with Crippen molar-refractivity contribution in [2.75, 3.05) is 26.8 Å². The highest BCUT2D eigenvalue weighted by molar-refractivity contribution is 5.87. The Hall–Kier alpha value is -3.02. The Balaban J connectivity index is 1.91. The van der Waals surface area contributed by atoms with Crippen molar-refractivity contribution in [3.63, 3.8) is 0 Å². The van der Waals surface area contributed by atoms with E-state index in [0.717, 1.165) is 17.1 Å². The molecule has 0 aliphatic carbocycles. The second-order valence-corrected chi connectivity index (χ2v) is 8.27. The first-order valence-electron chi connectivity index (χ1n) is 11.3. The first-order chi connectivity index (χ1) is 15.4. The molecular formula is C26H36N2O4. The van der Waals surface area contributed by atoms with Gasteiger partial charge in [0.05, 0.1) is 13.7 Å². The van der Waals surface area contributed by atoms with Crippen LogP contribution in [0.1, 0.15) is 39.2 Å². The van der Waals surface area contributed by atoms with Crippen LogP contribution in [0, 0.1) is 5.92 Å². The van der Waals surface area contributed by atoms with Gasteiger partial charge in [0.25, 0.3) is 0 Å². The lowest BCUT2D eigenvalue weighted by molar-refractivity contribution is -0.140. The van der Waals surface area contributed by atoms with Crippen molar-refractivity contribution in [1.82, 2.24) is 10.2 Å². The van der Waals surface area contributed by atoms with Crippen LogP contribution in [0.2, 0.25) is 0 Å². The number of hydrogen-bond donors (Lipinski definition) is 1. The van der Waals surface area contributed by atoms with E-state index in [-0.39, 0.29) is 11.8 Å². The van der Waals surface area contributed by atoms with E-state index >= 15 is 0 Å². The number of carbonyl (C=O) groups excluding carboxylic acids is 2. The largest absolute Gasteiger partial charge is 0.497 e. The van der Waals surface area contributed by atoms with Crippen molar-refractivity contribution < 1.29 is 19.1 Å². The second-order valence-electron chi connectivity index (χ2n) is 8.27. The highest BCUT2D eigenvalue weighted by Gasteiger charge is 2.25. The monoisotopic (exact) mass is 440 g/mol. The summed E-state index contributed by atoms with van der Waals surface area (Å²) in [6, 6.07) is 16.8. The molecule has 0 saturated heterocycles. The van der Waals surface area contributed by atoms with Crippen molar-refractivity contribution in [3.8, 4) is 11.5 Å². The Morgan fingerprint density at radius 1 is 0.969 bits per heavy atom.